The molecule has 3 atom stereocenters. The number of nitrogens with zero attached hydrogens (tertiary/aromatic N) is 4. The van der Waals surface area contributed by atoms with Crippen LogP contribution in [0.3, 0.4) is 0 Å². The van der Waals surface area contributed by atoms with Gasteiger partial charge >= 0.3 is 0 Å². The van der Waals surface area contributed by atoms with Gasteiger partial charge in [-0.2, -0.15) is 5.10 Å². The molecule has 2 bridgehead atoms. The Labute approximate surface area is 152 Å². The summed E-state index contributed by atoms with van der Waals surface area (Å²) >= 11 is 0. The van der Waals surface area contributed by atoms with E-state index in [4.69, 9.17) is 0 Å². The third-order valence-electron chi connectivity index (χ3n) is 6.11. The molecular weight excluding hydrogens is 352 g/mol. The molecule has 5 rings (SSSR count). The van der Waals surface area contributed by atoms with Crippen LogP contribution in [0.2, 0.25) is 0 Å². The summed E-state index contributed by atoms with van der Waals surface area (Å²) < 4.78 is 25.3. The fraction of sp³-hybridized carbons (Fsp3) is 0.611. The maximum atomic E-state index is 13.0. The van der Waals surface area contributed by atoms with Crippen molar-refractivity contribution in [3.05, 3.63) is 29.2 Å². The molecule has 0 saturated carbocycles. The van der Waals surface area contributed by atoms with Crippen molar-refractivity contribution >= 4 is 21.4 Å². The van der Waals surface area contributed by atoms with Gasteiger partial charge in [-0.25, -0.2) is 17.9 Å². The highest BCUT2D eigenvalue weighted by atomic mass is 32.2. The van der Waals surface area contributed by atoms with E-state index in [1.807, 2.05) is 28.6 Å². The van der Waals surface area contributed by atoms with E-state index < -0.39 is 9.84 Å². The average Bonchev–Trinajstić information content (AvgIpc) is 3.22. The second kappa shape index (κ2) is 5.52. The summed E-state index contributed by atoms with van der Waals surface area (Å²) in [6, 6.07) is 2.21. The molecule has 2 aromatic heterocycles. The van der Waals surface area contributed by atoms with E-state index in [1.165, 1.54) is 5.69 Å². The van der Waals surface area contributed by atoms with Crippen LogP contribution in [-0.2, 0) is 21.1 Å². The molecule has 2 saturated heterocycles. The van der Waals surface area contributed by atoms with E-state index in [0.717, 1.165) is 36.2 Å². The molecule has 3 aliphatic heterocycles. The quantitative estimate of drug-likeness (QED) is 0.794. The van der Waals surface area contributed by atoms with E-state index in [1.54, 1.807) is 0 Å². The second-order valence-electron chi connectivity index (χ2n) is 7.94. The Hall–Kier alpha value is -1.96. The number of fused-ring (bicyclic) bond motifs is 6. The van der Waals surface area contributed by atoms with E-state index in [-0.39, 0.29) is 35.4 Å². The second-order valence-corrected chi connectivity index (χ2v) is 10.2. The molecule has 138 valence electrons. The molecule has 26 heavy (non-hydrogen) atoms. The van der Waals surface area contributed by atoms with Crippen LogP contribution in [0.1, 0.15) is 48.7 Å². The summed E-state index contributed by atoms with van der Waals surface area (Å²) in [4.78, 5) is 19.5. The molecule has 1 amide bonds. The van der Waals surface area contributed by atoms with Crippen LogP contribution in [0.15, 0.2) is 12.3 Å². The number of aryl methyl sites for hydroxylation is 1. The minimum atomic E-state index is -2.95. The Morgan fingerprint density at radius 1 is 1.31 bits per heavy atom. The van der Waals surface area contributed by atoms with E-state index >= 15 is 0 Å². The first-order valence-corrected chi connectivity index (χ1v) is 11.1. The minimum absolute atomic E-state index is 0.0253. The van der Waals surface area contributed by atoms with Gasteiger partial charge < -0.3 is 4.90 Å². The van der Waals surface area contributed by atoms with Crippen molar-refractivity contribution in [2.45, 2.75) is 51.1 Å². The van der Waals surface area contributed by atoms with Crippen LogP contribution in [0.25, 0.3) is 5.65 Å². The highest BCUT2D eigenvalue weighted by molar-refractivity contribution is 7.91. The monoisotopic (exact) mass is 374 g/mol. The Balaban J connectivity index is 1.44. The normalized spacial score (nSPS) is 29.3. The van der Waals surface area contributed by atoms with Crippen LogP contribution >= 0.6 is 0 Å². The lowest BCUT2D eigenvalue weighted by Gasteiger charge is -2.36. The lowest BCUT2D eigenvalue weighted by Crippen LogP contribution is -2.43. The van der Waals surface area contributed by atoms with Gasteiger partial charge in [-0.15, -0.1) is 0 Å². The summed E-state index contributed by atoms with van der Waals surface area (Å²) in [5.41, 5.74) is 4.07. The largest absolute Gasteiger partial charge is 0.332 e. The Morgan fingerprint density at radius 3 is 2.92 bits per heavy atom. The number of aromatic nitrogens is 3. The molecule has 0 unspecified atom stereocenters. The van der Waals surface area contributed by atoms with Crippen LogP contribution < -0.4 is 0 Å². The molecule has 2 aromatic rings. The Bertz CT molecular complexity index is 1010. The van der Waals surface area contributed by atoms with Crippen LogP contribution in [0.4, 0.5) is 0 Å². The van der Waals surface area contributed by atoms with Crippen molar-refractivity contribution in [3.63, 3.8) is 0 Å². The maximum absolute atomic E-state index is 13.0. The number of rotatable bonds is 2. The zero-order valence-corrected chi connectivity index (χ0v) is 15.6. The average molecular weight is 374 g/mol. The number of hydrogen-bond donors (Lipinski definition) is 0. The molecular formula is C18H22N4O3S. The zero-order chi connectivity index (χ0) is 18.1. The zero-order valence-electron chi connectivity index (χ0n) is 14.8. The molecule has 8 heteroatoms. The van der Waals surface area contributed by atoms with Crippen molar-refractivity contribution in [2.75, 3.05) is 11.5 Å². The van der Waals surface area contributed by atoms with Crippen molar-refractivity contribution < 1.29 is 13.2 Å². The molecule has 0 N–H and O–H groups in total. The fourth-order valence-corrected chi connectivity index (χ4v) is 6.83. The van der Waals surface area contributed by atoms with E-state index in [9.17, 15) is 13.2 Å². The predicted octanol–water partition coefficient (Wildman–Crippen LogP) is 1.45. The van der Waals surface area contributed by atoms with Crippen LogP contribution in [0.5, 0.6) is 0 Å². The van der Waals surface area contributed by atoms with Gasteiger partial charge in [0, 0.05) is 36.7 Å². The highest BCUT2D eigenvalue weighted by Gasteiger charge is 2.44. The van der Waals surface area contributed by atoms with Crippen LogP contribution in [-0.4, -0.2) is 51.4 Å². The Morgan fingerprint density at radius 2 is 2.15 bits per heavy atom. The fourth-order valence-electron chi connectivity index (χ4n) is 4.97. The van der Waals surface area contributed by atoms with Gasteiger partial charge in [0.05, 0.1) is 28.9 Å². The smallest absolute Gasteiger partial charge is 0.223 e. The summed E-state index contributed by atoms with van der Waals surface area (Å²) in [6.45, 7) is 1.96. The van der Waals surface area contributed by atoms with Crippen molar-refractivity contribution in [1.29, 1.82) is 0 Å². The predicted molar refractivity (Wildman–Crippen MR) is 95.4 cm³/mol. The van der Waals surface area contributed by atoms with Crippen LogP contribution in [0, 0.1) is 12.8 Å². The first-order chi connectivity index (χ1) is 12.4. The standard InChI is InChI=1S/C18H22N4O3S/c1-11-6-17-19-9-14-15-3-2-13(8-16(14)22(17)20-11)21(15)18(23)7-12-4-5-26(24,25)10-12/h6,9,12-13,15H,2-5,7-8,10H2,1H3/t12-,13+,15-/m0/s1. The summed E-state index contributed by atoms with van der Waals surface area (Å²) in [7, 11) is -2.95. The molecule has 7 nitrogen and oxygen atoms in total. The maximum Gasteiger partial charge on any atom is 0.223 e. The van der Waals surface area contributed by atoms with Gasteiger partial charge in [0.2, 0.25) is 5.91 Å². The molecule has 3 aliphatic rings. The molecule has 0 spiro atoms. The molecule has 2 fully saturated rings. The number of sulfone groups is 1. The molecule has 5 heterocycles. The molecule has 0 aliphatic carbocycles. The van der Waals surface area contributed by atoms with Crippen molar-refractivity contribution in [3.8, 4) is 0 Å². The van der Waals surface area contributed by atoms with Gasteiger partial charge in [0.25, 0.3) is 0 Å². The van der Waals surface area contributed by atoms with Gasteiger partial charge in [0.1, 0.15) is 0 Å². The number of hydrogen-bond acceptors (Lipinski definition) is 5. The van der Waals surface area contributed by atoms with Crippen molar-refractivity contribution in [1.82, 2.24) is 19.5 Å². The van der Waals surface area contributed by atoms with Gasteiger partial charge in [-0.3, -0.25) is 4.79 Å². The SMILES string of the molecule is Cc1cc2ncc3c(n2n1)C[C@H]1CC[C@@H]3N1C(=O)C[C@@H]1CCS(=O)(=O)C1. The van der Waals surface area contributed by atoms with Crippen molar-refractivity contribution in [2.24, 2.45) is 5.92 Å². The molecule has 0 aromatic carbocycles. The summed E-state index contributed by atoms with van der Waals surface area (Å²) in [5, 5.41) is 4.58. The third-order valence-corrected chi connectivity index (χ3v) is 7.94. The first-order valence-electron chi connectivity index (χ1n) is 9.27. The van der Waals surface area contributed by atoms with E-state index in [0.29, 0.717) is 12.8 Å². The van der Waals surface area contributed by atoms with Gasteiger partial charge in [-0.05, 0) is 32.1 Å². The molecule has 0 radical (unpaired) electrons. The number of amides is 1. The van der Waals surface area contributed by atoms with E-state index in [2.05, 4.69) is 10.1 Å². The van der Waals surface area contributed by atoms with Gasteiger partial charge in [0.15, 0.2) is 15.5 Å². The summed E-state index contributed by atoms with van der Waals surface area (Å²) in [6.07, 6.45) is 5.58. The number of carbonyl (C=O) groups excluding carboxylic acids is 1. The Kier molecular flexibility index (Phi) is 3.44. The lowest BCUT2D eigenvalue weighted by molar-refractivity contribution is -0.135. The first kappa shape index (κ1) is 16.2. The van der Waals surface area contributed by atoms with Gasteiger partial charge in [-0.1, -0.05) is 0 Å². The lowest BCUT2D eigenvalue weighted by atomic mass is 9.97. The third kappa shape index (κ3) is 2.46. The topological polar surface area (TPSA) is 84.6 Å². The minimum Gasteiger partial charge on any atom is -0.332 e. The number of carbonyl (C=O) groups is 1. The highest BCUT2D eigenvalue weighted by Crippen LogP contribution is 2.44. The summed E-state index contributed by atoms with van der Waals surface area (Å²) in [5.74, 6) is 0.457.